The number of carbonyl (C=O) groups is 1. The van der Waals surface area contributed by atoms with E-state index in [0.717, 1.165) is 32.8 Å². The van der Waals surface area contributed by atoms with E-state index >= 15 is 0 Å². The van der Waals surface area contributed by atoms with Gasteiger partial charge in [0.15, 0.2) is 0 Å². The van der Waals surface area contributed by atoms with E-state index in [1.54, 1.807) is 11.8 Å². The van der Waals surface area contributed by atoms with Crippen molar-refractivity contribution in [2.24, 2.45) is 0 Å². The molecule has 0 spiro atoms. The first-order valence-corrected chi connectivity index (χ1v) is 9.35. The van der Waals surface area contributed by atoms with Crippen molar-refractivity contribution in [1.29, 1.82) is 0 Å². The molecule has 0 saturated heterocycles. The molecule has 0 unspecified atom stereocenters. The van der Waals surface area contributed by atoms with E-state index in [1.807, 2.05) is 59.4 Å². The second kappa shape index (κ2) is 7.19. The van der Waals surface area contributed by atoms with Gasteiger partial charge in [-0.2, -0.15) is 11.8 Å². The van der Waals surface area contributed by atoms with E-state index in [0.29, 0.717) is 0 Å². The Kier molecular flexibility index (Phi) is 5.03. The number of benzene rings is 2. The number of imidazole rings is 1. The van der Waals surface area contributed by atoms with Crippen LogP contribution in [-0.2, 0) is 17.1 Å². The summed E-state index contributed by atoms with van der Waals surface area (Å²) in [4.78, 5) is 17.1. The Labute approximate surface area is 147 Å². The maximum absolute atomic E-state index is 12.4. The Morgan fingerprint density at radius 2 is 1.96 bits per heavy atom. The third-order valence-corrected chi connectivity index (χ3v) is 4.70. The molecule has 1 N–H and O–H groups in total. The van der Waals surface area contributed by atoms with Crippen LogP contribution in [0.25, 0.3) is 11.0 Å². The summed E-state index contributed by atoms with van der Waals surface area (Å²) in [7, 11) is 0. The highest BCUT2D eigenvalue weighted by atomic mass is 79.9. The zero-order chi connectivity index (χ0) is 16.2. The number of fused-ring (bicyclic) bond motifs is 1. The highest BCUT2D eigenvalue weighted by Gasteiger charge is 2.13. The van der Waals surface area contributed by atoms with Crippen molar-refractivity contribution < 1.29 is 4.79 Å². The lowest BCUT2D eigenvalue weighted by atomic mass is 10.3. The fourth-order valence-electron chi connectivity index (χ4n) is 2.44. The summed E-state index contributed by atoms with van der Waals surface area (Å²) in [6.07, 6.45) is 2.03. The standard InChI is InChI=1S/C17H16BrN3OS/c1-23-11-16-19-14-8-4-5-9-15(14)21(16)10-17(22)20-13-7-3-2-6-12(13)18/h2-9H,10-11H2,1H3,(H,20,22). The number of para-hydroxylation sites is 3. The summed E-state index contributed by atoms with van der Waals surface area (Å²) in [6.45, 7) is 0.248. The summed E-state index contributed by atoms with van der Waals surface area (Å²) in [5.74, 6) is 1.63. The molecule has 2 aromatic carbocycles. The molecule has 0 fully saturated rings. The Balaban J connectivity index is 1.87. The van der Waals surface area contributed by atoms with Gasteiger partial charge in [-0.25, -0.2) is 4.98 Å². The molecular formula is C17H16BrN3OS. The van der Waals surface area contributed by atoms with Gasteiger partial charge in [-0.05, 0) is 46.5 Å². The van der Waals surface area contributed by atoms with Gasteiger partial charge < -0.3 is 9.88 Å². The Bertz CT molecular complexity index is 847. The number of thioether (sulfide) groups is 1. The molecule has 1 amide bonds. The van der Waals surface area contributed by atoms with Gasteiger partial charge in [-0.1, -0.05) is 24.3 Å². The average Bonchev–Trinajstić information content (AvgIpc) is 2.88. The first kappa shape index (κ1) is 16.1. The van der Waals surface area contributed by atoms with Crippen molar-refractivity contribution in [3.63, 3.8) is 0 Å². The smallest absolute Gasteiger partial charge is 0.244 e. The Morgan fingerprint density at radius 1 is 1.22 bits per heavy atom. The van der Waals surface area contributed by atoms with Gasteiger partial charge in [-0.15, -0.1) is 0 Å². The lowest BCUT2D eigenvalue weighted by Crippen LogP contribution is -2.20. The van der Waals surface area contributed by atoms with Crippen LogP contribution in [0.4, 0.5) is 5.69 Å². The fraction of sp³-hybridized carbons (Fsp3) is 0.176. The molecule has 0 atom stereocenters. The van der Waals surface area contributed by atoms with Crippen LogP contribution >= 0.6 is 27.7 Å². The number of nitrogens with one attached hydrogen (secondary N) is 1. The number of amides is 1. The highest BCUT2D eigenvalue weighted by molar-refractivity contribution is 9.10. The van der Waals surface area contributed by atoms with Crippen LogP contribution in [0.15, 0.2) is 53.0 Å². The van der Waals surface area contributed by atoms with Crippen molar-refractivity contribution in [1.82, 2.24) is 9.55 Å². The normalized spacial score (nSPS) is 10.9. The summed E-state index contributed by atoms with van der Waals surface area (Å²) in [5.41, 5.74) is 2.68. The molecule has 4 nitrogen and oxygen atoms in total. The summed E-state index contributed by atoms with van der Waals surface area (Å²) in [6, 6.07) is 15.5. The van der Waals surface area contributed by atoms with E-state index in [4.69, 9.17) is 0 Å². The van der Waals surface area contributed by atoms with E-state index in [1.165, 1.54) is 0 Å². The molecule has 0 aliphatic carbocycles. The van der Waals surface area contributed by atoms with Gasteiger partial charge in [0.25, 0.3) is 0 Å². The third kappa shape index (κ3) is 3.59. The molecule has 3 rings (SSSR count). The van der Waals surface area contributed by atoms with Crippen LogP contribution in [0.1, 0.15) is 5.82 Å². The first-order valence-electron chi connectivity index (χ1n) is 7.16. The monoisotopic (exact) mass is 389 g/mol. The van der Waals surface area contributed by atoms with Gasteiger partial charge in [0.05, 0.1) is 22.5 Å². The van der Waals surface area contributed by atoms with Gasteiger partial charge in [0.1, 0.15) is 12.4 Å². The van der Waals surface area contributed by atoms with E-state index < -0.39 is 0 Å². The second-order valence-electron chi connectivity index (χ2n) is 5.06. The average molecular weight is 390 g/mol. The number of hydrogen-bond acceptors (Lipinski definition) is 3. The minimum absolute atomic E-state index is 0.0672. The molecule has 0 radical (unpaired) electrons. The molecule has 23 heavy (non-hydrogen) atoms. The fourth-order valence-corrected chi connectivity index (χ4v) is 3.30. The second-order valence-corrected chi connectivity index (χ2v) is 6.78. The largest absolute Gasteiger partial charge is 0.324 e. The lowest BCUT2D eigenvalue weighted by Gasteiger charge is -2.10. The number of nitrogens with zero attached hydrogens (tertiary/aromatic N) is 2. The minimum atomic E-state index is -0.0672. The molecule has 3 aromatic rings. The van der Waals surface area contributed by atoms with E-state index in [9.17, 15) is 4.79 Å². The number of carbonyl (C=O) groups excluding carboxylic acids is 1. The molecular weight excluding hydrogens is 374 g/mol. The number of anilines is 1. The van der Waals surface area contributed by atoms with E-state index in [2.05, 4.69) is 26.2 Å². The van der Waals surface area contributed by atoms with Crippen LogP contribution in [0.2, 0.25) is 0 Å². The zero-order valence-corrected chi connectivity index (χ0v) is 15.0. The quantitative estimate of drug-likeness (QED) is 0.707. The van der Waals surface area contributed by atoms with Crippen LogP contribution in [0, 0.1) is 0 Å². The summed E-state index contributed by atoms with van der Waals surface area (Å²) < 4.78 is 2.85. The topological polar surface area (TPSA) is 46.9 Å². The molecule has 0 aliphatic heterocycles. The number of aromatic nitrogens is 2. The van der Waals surface area contributed by atoms with Crippen molar-refractivity contribution in [2.75, 3.05) is 11.6 Å². The van der Waals surface area contributed by atoms with Gasteiger partial charge in [0.2, 0.25) is 5.91 Å². The SMILES string of the molecule is CSCc1nc2ccccc2n1CC(=O)Nc1ccccc1Br. The Hall–Kier alpha value is -1.79. The van der Waals surface area contributed by atoms with Crippen molar-refractivity contribution in [3.05, 3.63) is 58.8 Å². The maximum atomic E-state index is 12.4. The first-order chi connectivity index (χ1) is 11.2. The molecule has 0 aliphatic rings. The lowest BCUT2D eigenvalue weighted by molar-refractivity contribution is -0.116. The third-order valence-electron chi connectivity index (χ3n) is 3.46. The minimum Gasteiger partial charge on any atom is -0.324 e. The van der Waals surface area contributed by atoms with Gasteiger partial charge in [-0.3, -0.25) is 4.79 Å². The molecule has 0 saturated carbocycles. The molecule has 1 heterocycles. The van der Waals surface area contributed by atoms with Gasteiger partial charge in [0, 0.05) is 4.47 Å². The number of rotatable bonds is 5. The summed E-state index contributed by atoms with van der Waals surface area (Å²) in [5, 5.41) is 2.94. The highest BCUT2D eigenvalue weighted by Crippen LogP contribution is 2.22. The van der Waals surface area contributed by atoms with Crippen molar-refractivity contribution in [2.45, 2.75) is 12.3 Å². The maximum Gasteiger partial charge on any atom is 0.244 e. The zero-order valence-electron chi connectivity index (χ0n) is 12.6. The number of halogens is 1. The van der Waals surface area contributed by atoms with E-state index in [-0.39, 0.29) is 12.5 Å². The molecule has 0 bridgehead atoms. The van der Waals surface area contributed by atoms with Gasteiger partial charge >= 0.3 is 0 Å². The van der Waals surface area contributed by atoms with Crippen LogP contribution in [0.5, 0.6) is 0 Å². The predicted molar refractivity (Wildman–Crippen MR) is 99.7 cm³/mol. The van der Waals surface area contributed by atoms with Crippen LogP contribution in [0.3, 0.4) is 0 Å². The van der Waals surface area contributed by atoms with Crippen molar-refractivity contribution >= 4 is 50.3 Å². The number of hydrogen-bond donors (Lipinski definition) is 1. The molecule has 118 valence electrons. The molecule has 6 heteroatoms. The van der Waals surface area contributed by atoms with Crippen molar-refractivity contribution in [3.8, 4) is 0 Å². The molecule has 1 aromatic heterocycles. The Morgan fingerprint density at radius 3 is 2.74 bits per heavy atom. The summed E-state index contributed by atoms with van der Waals surface area (Å²) >= 11 is 5.14. The van der Waals surface area contributed by atoms with Crippen LogP contribution in [-0.4, -0.2) is 21.7 Å². The van der Waals surface area contributed by atoms with Crippen LogP contribution < -0.4 is 5.32 Å². The predicted octanol–water partition coefficient (Wildman–Crippen LogP) is 4.30.